The van der Waals surface area contributed by atoms with E-state index in [2.05, 4.69) is 39.9 Å². The SMILES string of the molecule is CC.CCCC(C)CC.CCCCC(CC)COC(=O)CCCCCCCCC(CCCCCCCCC(C)O)NCCCCC(=O)OCc1ccccc1.CO.[HH]. The monoisotopic (exact) mass is 810 g/mol. The van der Waals surface area contributed by atoms with Crippen LogP contribution < -0.4 is 5.32 Å². The predicted octanol–water partition coefficient (Wildman–Crippen LogP) is 14.0. The minimum Gasteiger partial charge on any atom is -0.465 e. The van der Waals surface area contributed by atoms with Crippen molar-refractivity contribution >= 4 is 11.9 Å². The Morgan fingerprint density at radius 1 is 0.614 bits per heavy atom. The first-order chi connectivity index (χ1) is 27.7. The number of carbonyl (C=O) groups excluding carboxylic acids is 2. The minimum atomic E-state index is -0.172. The summed E-state index contributed by atoms with van der Waals surface area (Å²) >= 11 is 0. The predicted molar refractivity (Wildman–Crippen MR) is 248 cm³/mol. The maximum atomic E-state index is 12.1. The molecular weight excluding hydrogens is 711 g/mol. The fourth-order valence-corrected chi connectivity index (χ4v) is 6.64. The van der Waals surface area contributed by atoms with Crippen LogP contribution in [0.25, 0.3) is 0 Å². The number of hydrogen-bond donors (Lipinski definition) is 3. The Balaban J connectivity index is -0.00000108. The van der Waals surface area contributed by atoms with E-state index in [1.807, 2.05) is 51.1 Å². The molecule has 0 spiro atoms. The summed E-state index contributed by atoms with van der Waals surface area (Å²) in [6, 6.07) is 10.4. The third-order valence-electron chi connectivity index (χ3n) is 10.6. The van der Waals surface area contributed by atoms with Crippen molar-refractivity contribution < 1.29 is 30.7 Å². The standard InChI is InChI=1S/C40H71NO5.C7H16.C2H6.CH4O.H2/c1-4-6-25-36(5-2)33-45-39(43)30-21-14-10-9-13-20-29-38(28-19-12-8-7-11-16-24-35(3)42)41-32-23-22-31-40(44)46-34-37-26-17-15-18-27-37;1-4-6-7(3)5-2;2*1-2;/h15,17-18,26-27,35-36,38,41-42H,4-14,16,19-25,28-34H2,1-3H3;7H,4-6H2,1-3H3;1-2H3;2H,1H3;1H. The van der Waals surface area contributed by atoms with E-state index in [9.17, 15) is 14.7 Å². The summed E-state index contributed by atoms with van der Waals surface area (Å²) in [5.41, 5.74) is 1.03. The zero-order valence-electron chi connectivity index (χ0n) is 39.2. The van der Waals surface area contributed by atoms with Gasteiger partial charge >= 0.3 is 11.9 Å². The fourth-order valence-electron chi connectivity index (χ4n) is 6.64. The number of ether oxygens (including phenoxy) is 2. The number of rotatable bonds is 35. The lowest BCUT2D eigenvalue weighted by Gasteiger charge is -2.19. The Bertz CT molecular complexity index is 934. The van der Waals surface area contributed by atoms with E-state index >= 15 is 0 Å². The van der Waals surface area contributed by atoms with Gasteiger partial charge in [0.05, 0.1) is 12.7 Å². The quantitative estimate of drug-likeness (QED) is 0.0463. The van der Waals surface area contributed by atoms with Gasteiger partial charge in [0.2, 0.25) is 0 Å². The van der Waals surface area contributed by atoms with Gasteiger partial charge in [-0.1, -0.05) is 188 Å². The molecule has 0 aliphatic heterocycles. The van der Waals surface area contributed by atoms with E-state index in [1.165, 1.54) is 103 Å². The fraction of sp³-hybridized carbons (Fsp3) is 0.840. The van der Waals surface area contributed by atoms with Crippen LogP contribution in [-0.4, -0.2) is 54.6 Å². The second-order valence-corrected chi connectivity index (χ2v) is 15.9. The molecule has 0 saturated carbocycles. The Morgan fingerprint density at radius 3 is 1.61 bits per heavy atom. The van der Waals surface area contributed by atoms with Crippen LogP contribution in [0.2, 0.25) is 0 Å². The highest BCUT2D eigenvalue weighted by atomic mass is 16.5. The summed E-state index contributed by atoms with van der Waals surface area (Å²) in [5.74, 6) is 1.33. The number of nitrogens with one attached hydrogen (secondary N) is 1. The van der Waals surface area contributed by atoms with Gasteiger partial charge in [0.1, 0.15) is 6.61 Å². The van der Waals surface area contributed by atoms with Crippen molar-refractivity contribution in [1.82, 2.24) is 5.32 Å². The Morgan fingerprint density at radius 2 is 1.12 bits per heavy atom. The number of carbonyl (C=O) groups is 2. The van der Waals surface area contributed by atoms with Crippen molar-refractivity contribution in [2.75, 3.05) is 20.3 Å². The summed E-state index contributed by atoms with van der Waals surface area (Å²) in [6.45, 7) is 19.0. The maximum Gasteiger partial charge on any atom is 0.306 e. The molecule has 1 aromatic carbocycles. The average molecular weight is 810 g/mol. The summed E-state index contributed by atoms with van der Waals surface area (Å²) < 4.78 is 11.0. The first-order valence-electron chi connectivity index (χ1n) is 24.0. The van der Waals surface area contributed by atoms with E-state index < -0.39 is 0 Å². The highest BCUT2D eigenvalue weighted by Gasteiger charge is 2.11. The molecule has 0 radical (unpaired) electrons. The highest BCUT2D eigenvalue weighted by Crippen LogP contribution is 2.17. The van der Waals surface area contributed by atoms with Crippen molar-refractivity contribution in [3.05, 3.63) is 35.9 Å². The molecule has 3 N–H and O–H groups in total. The molecule has 1 rings (SSSR count). The van der Waals surface area contributed by atoms with Crippen molar-refractivity contribution in [3.63, 3.8) is 0 Å². The average Bonchev–Trinajstić information content (AvgIpc) is 3.23. The van der Waals surface area contributed by atoms with Gasteiger partial charge in [-0.2, -0.15) is 0 Å². The third-order valence-corrected chi connectivity index (χ3v) is 10.6. The van der Waals surface area contributed by atoms with Gasteiger partial charge in [0.15, 0.2) is 0 Å². The summed E-state index contributed by atoms with van der Waals surface area (Å²) in [4.78, 5) is 24.3. The van der Waals surface area contributed by atoms with Gasteiger partial charge in [-0.05, 0) is 75.8 Å². The van der Waals surface area contributed by atoms with Crippen LogP contribution in [0.3, 0.4) is 0 Å². The molecule has 0 aliphatic carbocycles. The molecule has 0 aromatic heterocycles. The van der Waals surface area contributed by atoms with Crippen LogP contribution in [-0.2, 0) is 25.7 Å². The summed E-state index contributed by atoms with van der Waals surface area (Å²) in [7, 11) is 1.00. The first kappa shape index (κ1) is 59.4. The Hall–Kier alpha value is -1.96. The van der Waals surface area contributed by atoms with Gasteiger partial charge in [-0.25, -0.2) is 0 Å². The zero-order chi connectivity index (χ0) is 43.2. The summed E-state index contributed by atoms with van der Waals surface area (Å²) in [6.07, 6.45) is 29.2. The largest absolute Gasteiger partial charge is 0.465 e. The van der Waals surface area contributed by atoms with E-state index in [1.54, 1.807) is 0 Å². The highest BCUT2D eigenvalue weighted by molar-refractivity contribution is 5.69. The van der Waals surface area contributed by atoms with Crippen molar-refractivity contribution in [2.45, 2.75) is 241 Å². The molecule has 0 amide bonds. The van der Waals surface area contributed by atoms with E-state index in [0.29, 0.717) is 38.0 Å². The lowest BCUT2D eigenvalue weighted by Crippen LogP contribution is -2.30. The molecule has 4 atom stereocenters. The molecule has 340 valence electrons. The molecule has 1 aromatic rings. The number of aliphatic hydroxyl groups excluding tert-OH is 2. The molecule has 0 fully saturated rings. The lowest BCUT2D eigenvalue weighted by atomic mass is 9.99. The van der Waals surface area contributed by atoms with Crippen molar-refractivity contribution in [2.24, 2.45) is 11.8 Å². The molecule has 0 bridgehead atoms. The third kappa shape index (κ3) is 45.0. The number of hydrogen-bond acceptors (Lipinski definition) is 7. The van der Waals surface area contributed by atoms with E-state index in [4.69, 9.17) is 14.6 Å². The second kappa shape index (κ2) is 48.4. The Kier molecular flexibility index (Phi) is 50.4. The molecule has 0 aliphatic rings. The maximum absolute atomic E-state index is 12.1. The number of unbranched alkanes of at least 4 members (excludes halogenated alkanes) is 12. The molecule has 7 heteroatoms. The molecule has 57 heavy (non-hydrogen) atoms. The van der Waals surface area contributed by atoms with Crippen LogP contribution in [0.1, 0.15) is 229 Å². The molecule has 0 saturated heterocycles. The topological polar surface area (TPSA) is 105 Å². The van der Waals surface area contributed by atoms with Gasteiger partial charge in [-0.15, -0.1) is 0 Å². The van der Waals surface area contributed by atoms with Crippen molar-refractivity contribution in [1.29, 1.82) is 0 Å². The molecular formula is C50H99NO6. The number of esters is 2. The van der Waals surface area contributed by atoms with Gasteiger partial charge in [-0.3, -0.25) is 9.59 Å². The minimum absolute atomic E-state index is 0. The second-order valence-electron chi connectivity index (χ2n) is 15.9. The van der Waals surface area contributed by atoms with Gasteiger partial charge in [0, 0.05) is 27.4 Å². The van der Waals surface area contributed by atoms with Gasteiger partial charge in [0.25, 0.3) is 0 Å². The van der Waals surface area contributed by atoms with Gasteiger partial charge < -0.3 is 25.0 Å². The number of aliphatic hydroxyl groups is 2. The van der Waals surface area contributed by atoms with Crippen LogP contribution in [0.5, 0.6) is 0 Å². The zero-order valence-corrected chi connectivity index (χ0v) is 39.2. The van der Waals surface area contributed by atoms with Crippen LogP contribution in [0, 0.1) is 11.8 Å². The normalized spacial score (nSPS) is 12.7. The van der Waals surface area contributed by atoms with Crippen LogP contribution in [0.4, 0.5) is 0 Å². The van der Waals surface area contributed by atoms with Crippen LogP contribution >= 0.6 is 0 Å². The summed E-state index contributed by atoms with van der Waals surface area (Å²) in [5, 5.41) is 20.2. The first-order valence-corrected chi connectivity index (χ1v) is 24.0. The van der Waals surface area contributed by atoms with E-state index in [-0.39, 0.29) is 19.5 Å². The molecule has 4 unspecified atom stereocenters. The smallest absolute Gasteiger partial charge is 0.306 e. The lowest BCUT2D eigenvalue weighted by molar-refractivity contribution is -0.146. The van der Waals surface area contributed by atoms with Crippen molar-refractivity contribution in [3.8, 4) is 0 Å². The molecule has 7 nitrogen and oxygen atoms in total. The van der Waals surface area contributed by atoms with E-state index in [0.717, 1.165) is 76.5 Å². The Labute approximate surface area is 356 Å². The van der Waals surface area contributed by atoms with Crippen LogP contribution in [0.15, 0.2) is 30.3 Å². The molecule has 0 heterocycles. The number of benzene rings is 1.